The summed E-state index contributed by atoms with van der Waals surface area (Å²) in [5.41, 5.74) is 0. The maximum Gasteiger partial charge on any atom is 0.489 e. The fourth-order valence-electron chi connectivity index (χ4n) is 0.705. The molecule has 0 aromatic rings. The third-order valence-electron chi connectivity index (χ3n) is 1.47. The van der Waals surface area contributed by atoms with E-state index in [0.29, 0.717) is 19.8 Å². The molecule has 0 fully saturated rings. The molecule has 0 aliphatic heterocycles. The van der Waals surface area contributed by atoms with E-state index < -0.39 is 9.53 Å². The van der Waals surface area contributed by atoms with Crippen molar-refractivity contribution in [2.24, 2.45) is 0 Å². The average molecular weight is 254 g/mol. The van der Waals surface area contributed by atoms with Crippen LogP contribution in [0.4, 0.5) is 0 Å². The van der Waals surface area contributed by atoms with Crippen LogP contribution in [0.5, 0.6) is 0 Å². The predicted molar refractivity (Wildman–Crippen MR) is 59.9 cm³/mol. The lowest BCUT2D eigenvalue weighted by Crippen LogP contribution is -2.30. The summed E-state index contributed by atoms with van der Waals surface area (Å²) >= 11 is 0. The molecule has 0 spiro atoms. The normalized spacial score (nSPS) is 11.2. The molecular formula is C9H22O6Si. The maximum absolute atomic E-state index is 5.29. The first-order valence-corrected chi connectivity index (χ1v) is 6.84. The third kappa shape index (κ3) is 10.5. The Balaban J connectivity index is 3.58. The van der Waals surface area contributed by atoms with Gasteiger partial charge in [0.2, 0.25) is 0 Å². The number of ether oxygens (including phenoxy) is 3. The minimum Gasteiger partial charge on any atom is -0.357 e. The van der Waals surface area contributed by atoms with Crippen molar-refractivity contribution in [1.82, 2.24) is 0 Å². The number of rotatable bonds is 12. The first-order valence-electron chi connectivity index (χ1n) is 5.43. The highest BCUT2D eigenvalue weighted by Gasteiger charge is 2.15. The van der Waals surface area contributed by atoms with Crippen molar-refractivity contribution in [1.29, 1.82) is 0 Å². The second-order valence-electron chi connectivity index (χ2n) is 2.62. The zero-order chi connectivity index (χ0) is 12.1. The molecule has 98 valence electrons. The van der Waals surface area contributed by atoms with Crippen molar-refractivity contribution in [3.8, 4) is 0 Å². The van der Waals surface area contributed by atoms with E-state index in [1.807, 2.05) is 20.8 Å². The summed E-state index contributed by atoms with van der Waals surface area (Å²) < 4.78 is 31.0. The van der Waals surface area contributed by atoms with Gasteiger partial charge in [-0.3, -0.25) is 0 Å². The van der Waals surface area contributed by atoms with Gasteiger partial charge in [-0.05, 0) is 20.8 Å². The van der Waals surface area contributed by atoms with E-state index in [9.17, 15) is 0 Å². The Kier molecular flexibility index (Phi) is 13.0. The molecule has 0 atom stereocenters. The van der Waals surface area contributed by atoms with Gasteiger partial charge < -0.3 is 27.5 Å². The van der Waals surface area contributed by atoms with Crippen LogP contribution in [-0.4, -0.2) is 49.7 Å². The smallest absolute Gasteiger partial charge is 0.357 e. The minimum atomic E-state index is -2.20. The van der Waals surface area contributed by atoms with Crippen LogP contribution in [0, 0.1) is 0 Å². The third-order valence-corrected chi connectivity index (χ3v) is 2.70. The van der Waals surface area contributed by atoms with Gasteiger partial charge in [0, 0.05) is 19.8 Å². The molecule has 0 bridgehead atoms. The molecule has 0 amide bonds. The van der Waals surface area contributed by atoms with Gasteiger partial charge in [0.15, 0.2) is 0 Å². The van der Waals surface area contributed by atoms with Gasteiger partial charge >= 0.3 is 9.53 Å². The molecule has 0 saturated heterocycles. The monoisotopic (exact) mass is 254 g/mol. The lowest BCUT2D eigenvalue weighted by Gasteiger charge is -2.16. The standard InChI is InChI=1S/C9H22O6Si/c1-4-10-7-13-16(14-8-11-5-2)15-9-12-6-3/h16H,4-9H2,1-3H3. The first kappa shape index (κ1) is 16.0. The summed E-state index contributed by atoms with van der Waals surface area (Å²) in [5, 5.41) is 0. The maximum atomic E-state index is 5.29. The first-order chi connectivity index (χ1) is 7.85. The molecule has 0 heterocycles. The molecule has 0 saturated carbocycles. The molecule has 0 aliphatic rings. The second kappa shape index (κ2) is 13.0. The molecule has 6 nitrogen and oxygen atoms in total. The minimum absolute atomic E-state index is 0.172. The van der Waals surface area contributed by atoms with Gasteiger partial charge in [0.25, 0.3) is 0 Å². The quantitative estimate of drug-likeness (QED) is 0.291. The summed E-state index contributed by atoms with van der Waals surface area (Å²) in [5.74, 6) is 0. The van der Waals surface area contributed by atoms with E-state index in [4.69, 9.17) is 27.5 Å². The fraction of sp³-hybridized carbons (Fsp3) is 1.00. The summed E-state index contributed by atoms with van der Waals surface area (Å²) in [6.07, 6.45) is 0. The van der Waals surface area contributed by atoms with Crippen molar-refractivity contribution >= 4 is 9.53 Å². The van der Waals surface area contributed by atoms with Crippen LogP contribution in [0.15, 0.2) is 0 Å². The Morgan fingerprint density at radius 2 is 0.938 bits per heavy atom. The Labute approximate surface area is 98.7 Å². The topological polar surface area (TPSA) is 55.4 Å². The van der Waals surface area contributed by atoms with Crippen LogP contribution in [0.25, 0.3) is 0 Å². The molecule has 16 heavy (non-hydrogen) atoms. The van der Waals surface area contributed by atoms with E-state index >= 15 is 0 Å². The zero-order valence-electron chi connectivity index (χ0n) is 10.3. The molecule has 0 unspecified atom stereocenters. The van der Waals surface area contributed by atoms with Gasteiger partial charge in [-0.25, -0.2) is 0 Å². The van der Waals surface area contributed by atoms with Gasteiger partial charge in [-0.15, -0.1) is 0 Å². The molecular weight excluding hydrogens is 232 g/mol. The molecule has 0 radical (unpaired) electrons. The van der Waals surface area contributed by atoms with Crippen molar-refractivity contribution in [3.05, 3.63) is 0 Å². The van der Waals surface area contributed by atoms with Gasteiger partial charge in [0.05, 0.1) is 0 Å². The van der Waals surface area contributed by atoms with Crippen molar-refractivity contribution in [2.75, 3.05) is 40.2 Å². The van der Waals surface area contributed by atoms with Crippen LogP contribution in [-0.2, 0) is 27.5 Å². The van der Waals surface area contributed by atoms with E-state index in [2.05, 4.69) is 0 Å². The van der Waals surface area contributed by atoms with Crippen LogP contribution < -0.4 is 0 Å². The highest BCUT2D eigenvalue weighted by Crippen LogP contribution is 1.94. The Morgan fingerprint density at radius 3 is 1.19 bits per heavy atom. The summed E-state index contributed by atoms with van der Waals surface area (Å²) in [6, 6.07) is 0. The SMILES string of the molecule is CCOCO[SiH](OCOCC)OCOCC. The zero-order valence-corrected chi connectivity index (χ0v) is 11.4. The second-order valence-corrected chi connectivity index (χ2v) is 4.20. The van der Waals surface area contributed by atoms with Crippen molar-refractivity contribution in [2.45, 2.75) is 20.8 Å². The Bertz CT molecular complexity index is 113. The lowest BCUT2D eigenvalue weighted by molar-refractivity contribution is -0.0831. The van der Waals surface area contributed by atoms with E-state index in [-0.39, 0.29) is 20.4 Å². The van der Waals surface area contributed by atoms with E-state index in [1.165, 1.54) is 0 Å². The Morgan fingerprint density at radius 1 is 0.625 bits per heavy atom. The van der Waals surface area contributed by atoms with E-state index in [0.717, 1.165) is 0 Å². The van der Waals surface area contributed by atoms with Crippen molar-refractivity contribution < 1.29 is 27.5 Å². The van der Waals surface area contributed by atoms with Crippen LogP contribution >= 0.6 is 0 Å². The van der Waals surface area contributed by atoms with Crippen LogP contribution in [0.3, 0.4) is 0 Å². The predicted octanol–water partition coefficient (Wildman–Crippen LogP) is 0.735. The fourth-order valence-corrected chi connectivity index (χ4v) is 1.62. The highest BCUT2D eigenvalue weighted by atomic mass is 28.3. The summed E-state index contributed by atoms with van der Waals surface area (Å²) in [7, 11) is -2.20. The van der Waals surface area contributed by atoms with E-state index in [1.54, 1.807) is 0 Å². The molecule has 7 heteroatoms. The Hall–Kier alpha value is -0.0231. The van der Waals surface area contributed by atoms with Gasteiger partial charge in [-0.2, -0.15) is 0 Å². The van der Waals surface area contributed by atoms with Crippen LogP contribution in [0.1, 0.15) is 20.8 Å². The highest BCUT2D eigenvalue weighted by molar-refractivity contribution is 6.36. The van der Waals surface area contributed by atoms with Crippen molar-refractivity contribution in [3.63, 3.8) is 0 Å². The molecule has 0 aliphatic carbocycles. The lowest BCUT2D eigenvalue weighted by atomic mass is 10.9. The number of hydrogen-bond donors (Lipinski definition) is 0. The summed E-state index contributed by atoms with van der Waals surface area (Å²) in [6.45, 7) is 7.98. The molecule has 0 N–H and O–H groups in total. The molecule has 0 aromatic carbocycles. The number of hydrogen-bond acceptors (Lipinski definition) is 6. The van der Waals surface area contributed by atoms with Gasteiger partial charge in [-0.1, -0.05) is 0 Å². The van der Waals surface area contributed by atoms with Crippen LogP contribution in [0.2, 0.25) is 0 Å². The largest absolute Gasteiger partial charge is 0.489 e. The average Bonchev–Trinajstić information content (AvgIpc) is 2.29. The summed E-state index contributed by atoms with van der Waals surface area (Å²) in [4.78, 5) is 0. The molecule has 0 aromatic heterocycles. The van der Waals surface area contributed by atoms with Gasteiger partial charge in [0.1, 0.15) is 20.4 Å². The molecule has 0 rings (SSSR count).